The number of primary amides is 1. The van der Waals surface area contributed by atoms with Crippen molar-refractivity contribution in [1.82, 2.24) is 20.0 Å². The van der Waals surface area contributed by atoms with E-state index in [0.717, 1.165) is 31.6 Å². The van der Waals surface area contributed by atoms with Crippen LogP contribution in [-0.2, 0) is 6.54 Å². The van der Waals surface area contributed by atoms with Gasteiger partial charge in [0.25, 0.3) is 11.7 Å². The van der Waals surface area contributed by atoms with Gasteiger partial charge in [-0.3, -0.25) is 9.69 Å². The van der Waals surface area contributed by atoms with Gasteiger partial charge < -0.3 is 10.3 Å². The van der Waals surface area contributed by atoms with E-state index < -0.39 is 5.91 Å². The minimum absolute atomic E-state index is 0.0529. The van der Waals surface area contributed by atoms with Gasteiger partial charge in [0.15, 0.2) is 0 Å². The van der Waals surface area contributed by atoms with E-state index in [1.54, 1.807) is 11.3 Å². The first-order chi connectivity index (χ1) is 9.65. The summed E-state index contributed by atoms with van der Waals surface area (Å²) in [6, 6.07) is 0.0529. The van der Waals surface area contributed by atoms with E-state index in [1.807, 2.05) is 12.4 Å². The maximum Gasteiger partial charge on any atom is 0.290 e. The molecule has 3 heterocycles. The van der Waals surface area contributed by atoms with Gasteiger partial charge in [0, 0.05) is 11.4 Å². The first-order valence-corrected chi connectivity index (χ1v) is 7.29. The number of thiazole rings is 1. The summed E-state index contributed by atoms with van der Waals surface area (Å²) >= 11 is 1.65. The molecule has 3 rings (SSSR count). The number of likely N-dealkylation sites (tertiary alicyclic amines) is 1. The van der Waals surface area contributed by atoms with Crippen molar-refractivity contribution in [3.8, 4) is 0 Å². The lowest BCUT2D eigenvalue weighted by Crippen LogP contribution is -2.23. The number of aromatic nitrogens is 3. The topological polar surface area (TPSA) is 98.1 Å². The molecule has 2 aromatic rings. The van der Waals surface area contributed by atoms with Crippen molar-refractivity contribution < 1.29 is 9.32 Å². The van der Waals surface area contributed by atoms with Crippen LogP contribution < -0.4 is 5.73 Å². The summed E-state index contributed by atoms with van der Waals surface area (Å²) < 4.78 is 5.17. The fraction of sp³-hybridized carbons (Fsp3) is 0.500. The molecule has 1 unspecified atom stereocenters. The minimum Gasteiger partial charge on any atom is -0.363 e. The zero-order chi connectivity index (χ0) is 14.1. The lowest BCUT2D eigenvalue weighted by Gasteiger charge is -2.20. The molecule has 0 spiro atoms. The molecule has 0 bridgehead atoms. The maximum absolute atomic E-state index is 11.0. The number of aryl methyl sites for hydroxylation is 1. The molecule has 1 amide bonds. The second-order valence-electron chi connectivity index (χ2n) is 4.81. The quantitative estimate of drug-likeness (QED) is 0.911. The molecule has 7 nitrogen and oxygen atoms in total. The Labute approximate surface area is 119 Å². The van der Waals surface area contributed by atoms with Crippen LogP contribution in [0.3, 0.4) is 0 Å². The predicted molar refractivity (Wildman–Crippen MR) is 72.1 cm³/mol. The Morgan fingerprint density at radius 3 is 3.15 bits per heavy atom. The van der Waals surface area contributed by atoms with Gasteiger partial charge in [-0.2, -0.15) is 4.98 Å². The van der Waals surface area contributed by atoms with Crippen molar-refractivity contribution in [2.24, 2.45) is 5.73 Å². The molecule has 2 aromatic heterocycles. The average molecular weight is 293 g/mol. The second-order valence-corrected chi connectivity index (χ2v) is 5.75. The molecule has 1 saturated heterocycles. The number of rotatable bonds is 4. The normalized spacial score (nSPS) is 19.6. The summed E-state index contributed by atoms with van der Waals surface area (Å²) in [4.78, 5) is 22.9. The number of nitrogens with two attached hydrogens (primary N) is 1. The monoisotopic (exact) mass is 293 g/mol. The van der Waals surface area contributed by atoms with E-state index in [2.05, 4.69) is 20.0 Å². The molecule has 8 heteroatoms. The zero-order valence-corrected chi connectivity index (χ0v) is 11.9. The molecule has 2 N–H and O–H groups in total. The molecule has 1 atom stereocenters. The molecule has 1 aliphatic rings. The van der Waals surface area contributed by atoms with Gasteiger partial charge >= 0.3 is 0 Å². The highest BCUT2D eigenvalue weighted by atomic mass is 32.1. The molecule has 0 saturated carbocycles. The van der Waals surface area contributed by atoms with Gasteiger partial charge in [-0.05, 0) is 26.3 Å². The molecule has 1 aliphatic heterocycles. The number of amides is 1. The molecule has 0 aromatic carbocycles. The van der Waals surface area contributed by atoms with Gasteiger partial charge in [-0.1, -0.05) is 5.16 Å². The summed E-state index contributed by atoms with van der Waals surface area (Å²) in [5.74, 6) is -0.248. The zero-order valence-electron chi connectivity index (χ0n) is 11.1. The first kappa shape index (κ1) is 13.2. The fourth-order valence-electron chi connectivity index (χ4n) is 2.43. The number of hydrogen-bond acceptors (Lipinski definition) is 7. The van der Waals surface area contributed by atoms with Crippen molar-refractivity contribution in [2.45, 2.75) is 32.4 Å². The maximum atomic E-state index is 11.0. The lowest BCUT2D eigenvalue weighted by atomic mass is 10.2. The number of nitrogens with zero attached hydrogens (tertiary/aromatic N) is 4. The van der Waals surface area contributed by atoms with Crippen molar-refractivity contribution in [3.63, 3.8) is 0 Å². The molecule has 106 valence electrons. The highest BCUT2D eigenvalue weighted by molar-refractivity contribution is 7.09. The highest BCUT2D eigenvalue weighted by Gasteiger charge is 2.31. The molecule has 0 radical (unpaired) electrons. The van der Waals surface area contributed by atoms with E-state index in [-0.39, 0.29) is 11.9 Å². The summed E-state index contributed by atoms with van der Waals surface area (Å²) in [6.45, 7) is 3.79. The van der Waals surface area contributed by atoms with E-state index in [9.17, 15) is 4.79 Å². The van der Waals surface area contributed by atoms with Gasteiger partial charge in [0.1, 0.15) is 0 Å². The van der Waals surface area contributed by atoms with Crippen LogP contribution in [0.5, 0.6) is 0 Å². The Bertz CT molecular complexity index is 623. The standard InChI is InChI=1S/C12H15N5O2S/c1-7-9(20-6-14-7)5-17-4-2-3-8(17)12-15-11(10(13)18)16-19-12/h6,8H,2-5H2,1H3,(H2,13,18). The van der Waals surface area contributed by atoms with Crippen LogP contribution in [0.4, 0.5) is 0 Å². The molecular weight excluding hydrogens is 278 g/mol. The summed E-state index contributed by atoms with van der Waals surface area (Å²) in [7, 11) is 0. The number of carbonyl (C=O) groups excluding carboxylic acids is 1. The molecule has 0 aliphatic carbocycles. The Hall–Kier alpha value is -1.80. The van der Waals surface area contributed by atoms with Crippen LogP contribution in [-0.4, -0.2) is 32.5 Å². The van der Waals surface area contributed by atoms with Crippen molar-refractivity contribution in [2.75, 3.05) is 6.54 Å². The second kappa shape index (κ2) is 5.29. The number of hydrogen-bond donors (Lipinski definition) is 1. The van der Waals surface area contributed by atoms with Gasteiger partial charge in [0.2, 0.25) is 5.89 Å². The summed E-state index contributed by atoms with van der Waals surface area (Å²) in [5.41, 5.74) is 8.06. The Kier molecular flexibility index (Phi) is 3.49. The van der Waals surface area contributed by atoms with Crippen LogP contribution in [0.1, 0.15) is 46.0 Å². The molecule has 20 heavy (non-hydrogen) atoms. The van der Waals surface area contributed by atoms with Crippen molar-refractivity contribution in [1.29, 1.82) is 0 Å². The Balaban J connectivity index is 1.78. The van der Waals surface area contributed by atoms with Crippen molar-refractivity contribution in [3.05, 3.63) is 27.8 Å². The third-order valence-corrected chi connectivity index (χ3v) is 4.42. The smallest absolute Gasteiger partial charge is 0.290 e. The van der Waals surface area contributed by atoms with Crippen molar-refractivity contribution >= 4 is 17.2 Å². The summed E-state index contributed by atoms with van der Waals surface area (Å²) in [5, 5.41) is 3.61. The average Bonchev–Trinajstić information content (AvgIpc) is 3.11. The summed E-state index contributed by atoms with van der Waals surface area (Å²) in [6.07, 6.45) is 2.01. The largest absolute Gasteiger partial charge is 0.363 e. The van der Waals surface area contributed by atoms with Crippen LogP contribution in [0.2, 0.25) is 0 Å². The Morgan fingerprint density at radius 1 is 1.65 bits per heavy atom. The highest BCUT2D eigenvalue weighted by Crippen LogP contribution is 2.33. The van der Waals surface area contributed by atoms with Gasteiger partial charge in [-0.25, -0.2) is 4.98 Å². The Morgan fingerprint density at radius 2 is 2.50 bits per heavy atom. The predicted octanol–water partition coefficient (Wildman–Crippen LogP) is 1.27. The van der Waals surface area contributed by atoms with Crippen LogP contribution in [0.25, 0.3) is 0 Å². The minimum atomic E-state index is -0.664. The third kappa shape index (κ3) is 2.44. The van der Waals surface area contributed by atoms with Crippen LogP contribution in [0, 0.1) is 6.92 Å². The van der Waals surface area contributed by atoms with Crippen LogP contribution >= 0.6 is 11.3 Å². The number of carbonyl (C=O) groups is 1. The molecular formula is C12H15N5O2S. The first-order valence-electron chi connectivity index (χ1n) is 6.41. The van der Waals surface area contributed by atoms with E-state index >= 15 is 0 Å². The fourth-order valence-corrected chi connectivity index (χ4v) is 3.23. The van der Waals surface area contributed by atoms with Gasteiger partial charge in [0.05, 0.1) is 17.2 Å². The molecule has 1 fully saturated rings. The van der Waals surface area contributed by atoms with E-state index in [0.29, 0.717) is 5.89 Å². The van der Waals surface area contributed by atoms with Gasteiger partial charge in [-0.15, -0.1) is 11.3 Å². The third-order valence-electron chi connectivity index (χ3n) is 3.50. The van der Waals surface area contributed by atoms with E-state index in [1.165, 1.54) is 4.88 Å². The lowest BCUT2D eigenvalue weighted by molar-refractivity contribution is 0.0987. The van der Waals surface area contributed by atoms with Crippen LogP contribution in [0.15, 0.2) is 10.0 Å². The SMILES string of the molecule is Cc1ncsc1CN1CCCC1c1nc(C(N)=O)no1. The van der Waals surface area contributed by atoms with E-state index in [4.69, 9.17) is 10.3 Å².